The fraction of sp³-hybridized carbons (Fsp3) is 0.533. The summed E-state index contributed by atoms with van der Waals surface area (Å²) >= 11 is 0. The van der Waals surface area contributed by atoms with Gasteiger partial charge in [0.15, 0.2) is 0 Å². The van der Waals surface area contributed by atoms with E-state index in [4.69, 9.17) is 0 Å². The van der Waals surface area contributed by atoms with E-state index in [-0.39, 0.29) is 18.1 Å². The number of fused-ring (bicyclic) bond motifs is 1. The normalized spacial score (nSPS) is 16.4. The van der Waals surface area contributed by atoms with Crippen molar-refractivity contribution in [3.63, 3.8) is 0 Å². The zero-order valence-electron chi connectivity index (χ0n) is 11.4. The molecule has 18 heavy (non-hydrogen) atoms. The van der Waals surface area contributed by atoms with Gasteiger partial charge in [-0.05, 0) is 50.7 Å². The maximum atomic E-state index is 11.7. The van der Waals surface area contributed by atoms with Crippen LogP contribution in [0.5, 0.6) is 0 Å². The first-order valence-corrected chi connectivity index (χ1v) is 6.70. The third-order valence-electron chi connectivity index (χ3n) is 3.57. The Morgan fingerprint density at radius 1 is 1.11 bits per heavy atom. The summed E-state index contributed by atoms with van der Waals surface area (Å²) in [7, 11) is 0. The van der Waals surface area contributed by atoms with Crippen LogP contribution < -0.4 is 10.6 Å². The minimum Gasteiger partial charge on any atom is -0.336 e. The van der Waals surface area contributed by atoms with E-state index in [2.05, 4.69) is 41.8 Å². The molecule has 2 N–H and O–H groups in total. The molecule has 1 aromatic rings. The van der Waals surface area contributed by atoms with E-state index in [1.54, 1.807) is 0 Å². The number of hydrogen-bond donors (Lipinski definition) is 2. The standard InChI is InChI=1S/C15H22N2O/c1-10(2)16-15(18)17-11(3)14-8-12-6-4-5-7-13(12)9-14/h4-7,10-11,14H,8-9H2,1-3H3,(H2,16,17,18). The molecule has 1 aromatic carbocycles. The lowest BCUT2D eigenvalue weighted by Crippen LogP contribution is -2.46. The van der Waals surface area contributed by atoms with Crippen LogP contribution >= 0.6 is 0 Å². The first-order chi connectivity index (χ1) is 8.56. The van der Waals surface area contributed by atoms with Crippen LogP contribution in [0.2, 0.25) is 0 Å². The van der Waals surface area contributed by atoms with E-state index >= 15 is 0 Å². The number of amides is 2. The Kier molecular flexibility index (Phi) is 3.90. The highest BCUT2D eigenvalue weighted by Crippen LogP contribution is 2.28. The van der Waals surface area contributed by atoms with E-state index in [1.165, 1.54) is 11.1 Å². The Morgan fingerprint density at radius 2 is 1.67 bits per heavy atom. The number of urea groups is 1. The molecule has 0 aromatic heterocycles. The number of nitrogens with one attached hydrogen (secondary N) is 2. The van der Waals surface area contributed by atoms with Crippen LogP contribution in [-0.2, 0) is 12.8 Å². The van der Waals surface area contributed by atoms with Gasteiger partial charge in [0.25, 0.3) is 0 Å². The smallest absolute Gasteiger partial charge is 0.315 e. The summed E-state index contributed by atoms with van der Waals surface area (Å²) in [6, 6.07) is 8.88. The Labute approximate surface area is 109 Å². The lowest BCUT2D eigenvalue weighted by Gasteiger charge is -2.21. The highest BCUT2D eigenvalue weighted by atomic mass is 16.2. The van der Waals surface area contributed by atoms with E-state index in [9.17, 15) is 4.79 Å². The van der Waals surface area contributed by atoms with Crippen LogP contribution in [0.25, 0.3) is 0 Å². The molecule has 0 aliphatic heterocycles. The van der Waals surface area contributed by atoms with E-state index in [0.29, 0.717) is 5.92 Å². The molecule has 1 aliphatic rings. The minimum absolute atomic E-state index is 0.0616. The fourth-order valence-electron chi connectivity index (χ4n) is 2.57. The predicted octanol–water partition coefficient (Wildman–Crippen LogP) is 2.50. The molecule has 2 rings (SSSR count). The molecule has 98 valence electrons. The maximum Gasteiger partial charge on any atom is 0.315 e. The Balaban J connectivity index is 1.89. The predicted molar refractivity (Wildman–Crippen MR) is 73.6 cm³/mol. The number of hydrogen-bond acceptors (Lipinski definition) is 1. The molecule has 0 saturated carbocycles. The van der Waals surface area contributed by atoms with Crippen molar-refractivity contribution < 1.29 is 4.79 Å². The van der Waals surface area contributed by atoms with Crippen LogP contribution in [0.1, 0.15) is 31.9 Å². The van der Waals surface area contributed by atoms with Gasteiger partial charge in [0.1, 0.15) is 0 Å². The highest BCUT2D eigenvalue weighted by Gasteiger charge is 2.26. The van der Waals surface area contributed by atoms with Gasteiger partial charge in [-0.3, -0.25) is 0 Å². The molecule has 0 bridgehead atoms. The summed E-state index contributed by atoms with van der Waals surface area (Å²) in [5.41, 5.74) is 2.86. The average Bonchev–Trinajstić information content (AvgIpc) is 2.71. The van der Waals surface area contributed by atoms with Gasteiger partial charge in [-0.2, -0.15) is 0 Å². The van der Waals surface area contributed by atoms with E-state index in [0.717, 1.165) is 12.8 Å². The summed E-state index contributed by atoms with van der Waals surface area (Å²) in [4.78, 5) is 11.7. The molecule has 0 saturated heterocycles. The molecule has 1 atom stereocenters. The van der Waals surface area contributed by atoms with Crippen molar-refractivity contribution in [1.82, 2.24) is 10.6 Å². The van der Waals surface area contributed by atoms with Crippen LogP contribution in [-0.4, -0.2) is 18.1 Å². The van der Waals surface area contributed by atoms with Gasteiger partial charge >= 0.3 is 6.03 Å². The van der Waals surface area contributed by atoms with Crippen molar-refractivity contribution in [3.8, 4) is 0 Å². The molecule has 2 amide bonds. The minimum atomic E-state index is -0.0616. The summed E-state index contributed by atoms with van der Waals surface area (Å²) in [5, 5.41) is 5.91. The van der Waals surface area contributed by atoms with Crippen molar-refractivity contribution in [2.45, 2.75) is 45.7 Å². The second-order valence-electron chi connectivity index (χ2n) is 5.50. The zero-order valence-corrected chi connectivity index (χ0v) is 11.4. The van der Waals surface area contributed by atoms with Crippen molar-refractivity contribution in [1.29, 1.82) is 0 Å². The molecule has 0 fully saturated rings. The van der Waals surface area contributed by atoms with Gasteiger partial charge in [-0.15, -0.1) is 0 Å². The fourth-order valence-corrected chi connectivity index (χ4v) is 2.57. The van der Waals surface area contributed by atoms with Crippen molar-refractivity contribution in [2.24, 2.45) is 5.92 Å². The quantitative estimate of drug-likeness (QED) is 0.845. The summed E-state index contributed by atoms with van der Waals surface area (Å²) < 4.78 is 0. The molecular formula is C15H22N2O. The molecular weight excluding hydrogens is 224 g/mol. The van der Waals surface area contributed by atoms with Gasteiger partial charge < -0.3 is 10.6 Å². The Hall–Kier alpha value is -1.51. The number of carbonyl (C=O) groups is 1. The maximum absolute atomic E-state index is 11.7. The second kappa shape index (κ2) is 5.42. The molecule has 0 radical (unpaired) electrons. The highest BCUT2D eigenvalue weighted by molar-refractivity contribution is 5.74. The summed E-state index contributed by atoms with van der Waals surface area (Å²) in [6.45, 7) is 6.03. The lowest BCUT2D eigenvalue weighted by atomic mass is 9.98. The third-order valence-corrected chi connectivity index (χ3v) is 3.57. The lowest BCUT2D eigenvalue weighted by molar-refractivity contribution is 0.230. The van der Waals surface area contributed by atoms with Gasteiger partial charge in [0.2, 0.25) is 0 Å². The second-order valence-corrected chi connectivity index (χ2v) is 5.50. The molecule has 3 heteroatoms. The van der Waals surface area contributed by atoms with Crippen molar-refractivity contribution >= 4 is 6.03 Å². The van der Waals surface area contributed by atoms with Gasteiger partial charge in [-0.25, -0.2) is 4.79 Å². The third kappa shape index (κ3) is 3.03. The number of rotatable bonds is 3. The molecule has 1 unspecified atom stereocenters. The first kappa shape index (κ1) is 12.9. The first-order valence-electron chi connectivity index (χ1n) is 6.70. The van der Waals surface area contributed by atoms with Crippen molar-refractivity contribution in [2.75, 3.05) is 0 Å². The summed E-state index contributed by atoms with van der Waals surface area (Å²) in [6.07, 6.45) is 2.14. The van der Waals surface area contributed by atoms with E-state index < -0.39 is 0 Å². The topological polar surface area (TPSA) is 41.1 Å². The van der Waals surface area contributed by atoms with Crippen LogP contribution in [0.4, 0.5) is 4.79 Å². The van der Waals surface area contributed by atoms with Crippen LogP contribution in [0.3, 0.4) is 0 Å². The largest absolute Gasteiger partial charge is 0.336 e. The number of benzene rings is 1. The van der Waals surface area contributed by atoms with Crippen molar-refractivity contribution in [3.05, 3.63) is 35.4 Å². The van der Waals surface area contributed by atoms with Crippen LogP contribution in [0.15, 0.2) is 24.3 Å². The molecule has 3 nitrogen and oxygen atoms in total. The van der Waals surface area contributed by atoms with Gasteiger partial charge in [0, 0.05) is 12.1 Å². The number of carbonyl (C=O) groups excluding carboxylic acids is 1. The van der Waals surface area contributed by atoms with Gasteiger partial charge in [0.05, 0.1) is 0 Å². The zero-order chi connectivity index (χ0) is 13.1. The Morgan fingerprint density at radius 3 is 2.17 bits per heavy atom. The molecule has 0 heterocycles. The summed E-state index contributed by atoms with van der Waals surface area (Å²) in [5.74, 6) is 0.514. The molecule has 1 aliphatic carbocycles. The van der Waals surface area contributed by atoms with Gasteiger partial charge in [-0.1, -0.05) is 24.3 Å². The monoisotopic (exact) mass is 246 g/mol. The SMILES string of the molecule is CC(C)NC(=O)NC(C)C1Cc2ccccc2C1. The Bertz CT molecular complexity index is 403. The van der Waals surface area contributed by atoms with E-state index in [1.807, 2.05) is 13.8 Å². The van der Waals surface area contributed by atoms with Crippen LogP contribution in [0, 0.1) is 5.92 Å². The molecule has 0 spiro atoms. The average molecular weight is 246 g/mol.